The third-order valence-electron chi connectivity index (χ3n) is 3.33. The van der Waals surface area contributed by atoms with Gasteiger partial charge in [-0.25, -0.2) is 13.4 Å². The summed E-state index contributed by atoms with van der Waals surface area (Å²) in [6, 6.07) is 0. The normalized spacial score (nSPS) is 18.7. The van der Waals surface area contributed by atoms with E-state index in [4.69, 9.17) is 0 Å². The van der Waals surface area contributed by atoms with Gasteiger partial charge >= 0.3 is 0 Å². The Kier molecular flexibility index (Phi) is 5.04. The molecule has 1 aromatic heterocycles. The van der Waals surface area contributed by atoms with Crippen molar-refractivity contribution >= 4 is 26.3 Å². The molecule has 2 rings (SSSR count). The first kappa shape index (κ1) is 15.7. The number of hydrogen-bond donors (Lipinski definition) is 1. The topological polar surface area (TPSA) is 62.3 Å². The minimum Gasteiger partial charge on any atom is -0.346 e. The molecule has 5 nitrogen and oxygen atoms in total. The fourth-order valence-electron chi connectivity index (χ4n) is 2.09. The van der Waals surface area contributed by atoms with Crippen molar-refractivity contribution in [3.8, 4) is 0 Å². The third-order valence-corrected chi connectivity index (χ3v) is 6.16. The summed E-state index contributed by atoms with van der Waals surface area (Å²) in [5.41, 5.74) is 1.05. The average Bonchev–Trinajstić information content (AvgIpc) is 2.70. The van der Waals surface area contributed by atoms with Gasteiger partial charge in [0.2, 0.25) is 0 Å². The number of anilines is 1. The molecule has 2 heterocycles. The van der Waals surface area contributed by atoms with Gasteiger partial charge in [-0.05, 0) is 19.4 Å². The summed E-state index contributed by atoms with van der Waals surface area (Å²) >= 11 is 1.68. The molecule has 1 aliphatic rings. The van der Waals surface area contributed by atoms with Gasteiger partial charge in [-0.2, -0.15) is 0 Å². The monoisotopic (exact) mass is 317 g/mol. The van der Waals surface area contributed by atoms with E-state index >= 15 is 0 Å². The van der Waals surface area contributed by atoms with Crippen molar-refractivity contribution in [3.63, 3.8) is 0 Å². The van der Waals surface area contributed by atoms with E-state index < -0.39 is 9.84 Å². The van der Waals surface area contributed by atoms with Crippen LogP contribution in [0.1, 0.15) is 24.4 Å². The maximum absolute atomic E-state index is 11.5. The maximum atomic E-state index is 11.5. The van der Waals surface area contributed by atoms with Crippen LogP contribution in [-0.2, 0) is 16.4 Å². The van der Waals surface area contributed by atoms with Crippen LogP contribution in [0.3, 0.4) is 0 Å². The van der Waals surface area contributed by atoms with E-state index in [2.05, 4.69) is 29.0 Å². The molecule has 7 heteroatoms. The highest BCUT2D eigenvalue weighted by molar-refractivity contribution is 7.91. The molecule has 0 aliphatic carbocycles. The number of hydrogen-bond acceptors (Lipinski definition) is 6. The average molecular weight is 317 g/mol. The van der Waals surface area contributed by atoms with Gasteiger partial charge in [-0.1, -0.05) is 13.8 Å². The number of rotatable bonds is 5. The summed E-state index contributed by atoms with van der Waals surface area (Å²) < 4.78 is 22.9. The van der Waals surface area contributed by atoms with E-state index in [1.807, 2.05) is 6.92 Å². The standard InChI is InChI=1S/C13H23N3O2S2/c1-10(2)8-14-9-12-11(3)15-13(19-12)16-4-6-20(17,18)7-5-16/h10,14H,4-9H2,1-3H3. The molecule has 0 atom stereocenters. The van der Waals surface area contributed by atoms with Crippen LogP contribution < -0.4 is 10.2 Å². The molecule has 20 heavy (non-hydrogen) atoms. The van der Waals surface area contributed by atoms with Crippen molar-refractivity contribution in [1.82, 2.24) is 10.3 Å². The summed E-state index contributed by atoms with van der Waals surface area (Å²) in [5, 5.41) is 4.38. The first-order valence-corrected chi connectivity index (χ1v) is 9.63. The van der Waals surface area contributed by atoms with Crippen molar-refractivity contribution in [2.45, 2.75) is 27.3 Å². The SMILES string of the molecule is Cc1nc(N2CCS(=O)(=O)CC2)sc1CNCC(C)C. The van der Waals surface area contributed by atoms with Gasteiger partial charge in [0.25, 0.3) is 0 Å². The summed E-state index contributed by atoms with van der Waals surface area (Å²) in [7, 11) is -2.83. The quantitative estimate of drug-likeness (QED) is 0.890. The lowest BCUT2D eigenvalue weighted by Gasteiger charge is -2.25. The predicted octanol–water partition coefficient (Wildman–Crippen LogP) is 1.43. The molecule has 0 unspecified atom stereocenters. The Labute approximate surface area is 125 Å². The predicted molar refractivity (Wildman–Crippen MR) is 84.3 cm³/mol. The van der Waals surface area contributed by atoms with Crippen LogP contribution in [0.4, 0.5) is 5.13 Å². The van der Waals surface area contributed by atoms with Crippen molar-refractivity contribution in [2.75, 3.05) is 36.0 Å². The Hall–Kier alpha value is -0.660. The third kappa shape index (κ3) is 4.17. The van der Waals surface area contributed by atoms with Crippen LogP contribution in [0.2, 0.25) is 0 Å². The van der Waals surface area contributed by atoms with Crippen molar-refractivity contribution in [3.05, 3.63) is 10.6 Å². The number of nitrogens with one attached hydrogen (secondary N) is 1. The van der Waals surface area contributed by atoms with Gasteiger partial charge in [0, 0.05) is 24.5 Å². The minimum atomic E-state index is -2.83. The van der Waals surface area contributed by atoms with E-state index in [0.29, 0.717) is 19.0 Å². The van der Waals surface area contributed by atoms with Crippen molar-refractivity contribution in [2.24, 2.45) is 5.92 Å². The Morgan fingerprint density at radius 2 is 2.00 bits per heavy atom. The fraction of sp³-hybridized carbons (Fsp3) is 0.769. The second kappa shape index (κ2) is 6.41. The molecule has 0 spiro atoms. The van der Waals surface area contributed by atoms with Gasteiger partial charge in [0.1, 0.15) is 0 Å². The van der Waals surface area contributed by atoms with Crippen molar-refractivity contribution in [1.29, 1.82) is 0 Å². The molecule has 0 aromatic carbocycles. The molecular formula is C13H23N3O2S2. The Morgan fingerprint density at radius 3 is 2.60 bits per heavy atom. The zero-order valence-corrected chi connectivity index (χ0v) is 14.0. The van der Waals surface area contributed by atoms with E-state index in [1.165, 1.54) is 4.88 Å². The van der Waals surface area contributed by atoms with Crippen LogP contribution in [0.5, 0.6) is 0 Å². The Morgan fingerprint density at radius 1 is 1.35 bits per heavy atom. The first-order chi connectivity index (χ1) is 9.37. The number of aryl methyl sites for hydroxylation is 1. The highest BCUT2D eigenvalue weighted by Gasteiger charge is 2.24. The zero-order chi connectivity index (χ0) is 14.8. The number of sulfone groups is 1. The van der Waals surface area contributed by atoms with E-state index in [9.17, 15) is 8.42 Å². The molecule has 1 saturated heterocycles. The molecule has 1 fully saturated rings. The van der Waals surface area contributed by atoms with Crippen LogP contribution in [0, 0.1) is 12.8 Å². The second-order valence-electron chi connectivity index (χ2n) is 5.67. The van der Waals surface area contributed by atoms with Crippen LogP contribution in [-0.4, -0.2) is 44.5 Å². The molecule has 114 valence electrons. The Bertz CT molecular complexity index is 538. The lowest BCUT2D eigenvalue weighted by atomic mass is 10.2. The molecule has 0 amide bonds. The number of nitrogens with zero attached hydrogens (tertiary/aromatic N) is 2. The number of aromatic nitrogens is 1. The summed E-state index contributed by atoms with van der Waals surface area (Å²) in [6.07, 6.45) is 0. The largest absolute Gasteiger partial charge is 0.346 e. The van der Waals surface area contributed by atoms with Crippen molar-refractivity contribution < 1.29 is 8.42 Å². The maximum Gasteiger partial charge on any atom is 0.185 e. The van der Waals surface area contributed by atoms with Gasteiger partial charge in [-0.3, -0.25) is 0 Å². The molecule has 0 saturated carbocycles. The molecule has 0 bridgehead atoms. The van der Waals surface area contributed by atoms with Crippen LogP contribution in [0.15, 0.2) is 0 Å². The molecule has 1 N–H and O–H groups in total. The Balaban J connectivity index is 1.97. The van der Waals surface area contributed by atoms with E-state index in [1.54, 1.807) is 11.3 Å². The fourth-order valence-corrected chi connectivity index (χ4v) is 4.37. The highest BCUT2D eigenvalue weighted by Crippen LogP contribution is 2.27. The molecule has 1 aromatic rings. The molecule has 1 aliphatic heterocycles. The highest BCUT2D eigenvalue weighted by atomic mass is 32.2. The molecule has 0 radical (unpaired) electrons. The summed E-state index contributed by atoms with van der Waals surface area (Å²) in [4.78, 5) is 7.92. The lowest BCUT2D eigenvalue weighted by molar-refractivity contribution is 0.554. The summed E-state index contributed by atoms with van der Waals surface area (Å²) in [5.74, 6) is 1.12. The van der Waals surface area contributed by atoms with Gasteiger partial charge < -0.3 is 10.2 Å². The molecular weight excluding hydrogens is 294 g/mol. The van der Waals surface area contributed by atoms with Gasteiger partial charge in [0.05, 0.1) is 17.2 Å². The van der Waals surface area contributed by atoms with Crippen LogP contribution in [0.25, 0.3) is 0 Å². The van der Waals surface area contributed by atoms with E-state index in [-0.39, 0.29) is 11.5 Å². The second-order valence-corrected chi connectivity index (χ2v) is 9.03. The summed E-state index contributed by atoms with van der Waals surface area (Å²) in [6.45, 7) is 9.36. The van der Waals surface area contributed by atoms with E-state index in [0.717, 1.165) is 23.9 Å². The van der Waals surface area contributed by atoms with Crippen LogP contribution >= 0.6 is 11.3 Å². The lowest BCUT2D eigenvalue weighted by Crippen LogP contribution is -2.40. The van der Waals surface area contributed by atoms with Gasteiger partial charge in [0.15, 0.2) is 15.0 Å². The zero-order valence-electron chi connectivity index (χ0n) is 12.3. The minimum absolute atomic E-state index is 0.243. The first-order valence-electron chi connectivity index (χ1n) is 7.00. The smallest absolute Gasteiger partial charge is 0.185 e. The van der Waals surface area contributed by atoms with Gasteiger partial charge in [-0.15, -0.1) is 11.3 Å². The number of thiazole rings is 1.